The summed E-state index contributed by atoms with van der Waals surface area (Å²) < 4.78 is 11.9. The van der Waals surface area contributed by atoms with Crippen molar-refractivity contribution < 1.29 is 33.8 Å². The van der Waals surface area contributed by atoms with E-state index in [1.807, 2.05) is 90.9 Å². The maximum atomic E-state index is 14.2. The molecule has 1 aliphatic heterocycles. The molecule has 1 saturated heterocycles. The van der Waals surface area contributed by atoms with Gasteiger partial charge in [0.1, 0.15) is 6.04 Å². The second-order valence-electron chi connectivity index (χ2n) is 15.6. The van der Waals surface area contributed by atoms with Crippen LogP contribution in [0.5, 0.6) is 0 Å². The van der Waals surface area contributed by atoms with Gasteiger partial charge in [-0.3, -0.25) is 24.1 Å². The van der Waals surface area contributed by atoms with Crippen LogP contribution in [0.2, 0.25) is 0 Å². The molecule has 1 fully saturated rings. The number of carbonyl (C=O) groups is 4. The predicted molar refractivity (Wildman–Crippen MR) is 204 cm³/mol. The van der Waals surface area contributed by atoms with Crippen LogP contribution in [0, 0.1) is 23.7 Å². The van der Waals surface area contributed by atoms with Gasteiger partial charge in [-0.15, -0.1) is 0 Å². The van der Waals surface area contributed by atoms with Crippen molar-refractivity contribution in [3.8, 4) is 0 Å². The van der Waals surface area contributed by atoms with Crippen LogP contribution in [0.25, 0.3) is 0 Å². The van der Waals surface area contributed by atoms with E-state index in [4.69, 9.17) is 9.47 Å². The molecule has 0 saturated carbocycles. The molecule has 0 spiro atoms. The first-order chi connectivity index (χ1) is 24.4. The first kappa shape index (κ1) is 45.1. The van der Waals surface area contributed by atoms with E-state index in [1.165, 1.54) is 0 Å². The molecule has 3 N–H and O–H groups in total. The highest BCUT2D eigenvalue weighted by Gasteiger charge is 2.43. The van der Waals surface area contributed by atoms with Gasteiger partial charge in [-0.2, -0.15) is 0 Å². The van der Waals surface area contributed by atoms with Crippen LogP contribution in [0.4, 0.5) is 0 Å². The number of nitrogens with zero attached hydrogens (tertiary/aromatic N) is 3. The molecule has 1 aliphatic rings. The number of likely N-dealkylation sites (tertiary alicyclic amines) is 1. The molecule has 52 heavy (non-hydrogen) atoms. The highest BCUT2D eigenvalue weighted by molar-refractivity contribution is 5.90. The highest BCUT2D eigenvalue weighted by Crippen LogP contribution is 2.30. The van der Waals surface area contributed by atoms with E-state index in [9.17, 15) is 24.3 Å². The Labute approximate surface area is 313 Å². The Bertz CT molecular complexity index is 1270. The molecule has 12 heteroatoms. The number of amides is 4. The average Bonchev–Trinajstić information content (AvgIpc) is 3.59. The molecule has 12 nitrogen and oxygen atoms in total. The van der Waals surface area contributed by atoms with Gasteiger partial charge < -0.3 is 35.0 Å². The predicted octanol–water partition coefficient (Wildman–Crippen LogP) is 3.87. The summed E-state index contributed by atoms with van der Waals surface area (Å²) >= 11 is 0. The summed E-state index contributed by atoms with van der Waals surface area (Å²) in [5, 5.41) is 16.8. The first-order valence-electron chi connectivity index (χ1n) is 19.0. The molecule has 1 aromatic carbocycles. The lowest BCUT2D eigenvalue weighted by Crippen LogP contribution is -2.59. The monoisotopic (exact) mass is 732 g/mol. The molecule has 10 atom stereocenters. The van der Waals surface area contributed by atoms with Gasteiger partial charge in [0.15, 0.2) is 0 Å². The van der Waals surface area contributed by atoms with Crippen LogP contribution >= 0.6 is 0 Å². The highest BCUT2D eigenvalue weighted by atomic mass is 16.5. The summed E-state index contributed by atoms with van der Waals surface area (Å²) in [5.41, 5.74) is 0.711. The summed E-state index contributed by atoms with van der Waals surface area (Å²) in [6.07, 6.45) is 0.148. The molecule has 0 aromatic heterocycles. The van der Waals surface area contributed by atoms with E-state index in [-0.39, 0.29) is 53.8 Å². The molecule has 0 aliphatic carbocycles. The number of benzene rings is 1. The normalized spacial score (nSPS) is 20.1. The zero-order valence-electron chi connectivity index (χ0n) is 34.1. The molecule has 0 radical (unpaired) electrons. The first-order valence-corrected chi connectivity index (χ1v) is 19.0. The van der Waals surface area contributed by atoms with Crippen LogP contribution < -0.4 is 10.6 Å². The Kier molecular flexibility index (Phi) is 18.2. The maximum absolute atomic E-state index is 14.2. The van der Waals surface area contributed by atoms with Crippen molar-refractivity contribution >= 4 is 23.6 Å². The lowest BCUT2D eigenvalue weighted by atomic mass is 9.89. The van der Waals surface area contributed by atoms with Gasteiger partial charge in [0.2, 0.25) is 23.6 Å². The molecule has 0 bridgehead atoms. The molecule has 4 amide bonds. The van der Waals surface area contributed by atoms with Crippen LogP contribution in [-0.4, -0.2) is 128 Å². The molecule has 2 rings (SSSR count). The Morgan fingerprint density at radius 2 is 1.52 bits per heavy atom. The minimum absolute atomic E-state index is 0.0153. The minimum Gasteiger partial charge on any atom is -0.386 e. The minimum atomic E-state index is -0.876. The average molecular weight is 732 g/mol. The number of aliphatic hydroxyl groups is 1. The quantitative estimate of drug-likeness (QED) is 0.184. The topological polar surface area (TPSA) is 141 Å². The number of carbonyl (C=O) groups excluding carboxylic acids is 4. The van der Waals surface area contributed by atoms with E-state index in [0.29, 0.717) is 18.5 Å². The van der Waals surface area contributed by atoms with E-state index in [1.54, 1.807) is 44.9 Å². The third-order valence-electron chi connectivity index (χ3n) is 10.9. The summed E-state index contributed by atoms with van der Waals surface area (Å²) in [6.45, 7) is 16.0. The van der Waals surface area contributed by atoms with Gasteiger partial charge in [0.25, 0.3) is 0 Å². The zero-order valence-corrected chi connectivity index (χ0v) is 34.1. The largest absolute Gasteiger partial charge is 0.386 e. The number of methoxy groups -OCH3 is 2. The summed E-state index contributed by atoms with van der Waals surface area (Å²) in [7, 11) is 8.57. The van der Waals surface area contributed by atoms with Crippen LogP contribution in [-0.2, 0) is 28.7 Å². The number of hydrogen-bond donors (Lipinski definition) is 3. The van der Waals surface area contributed by atoms with Gasteiger partial charge in [0, 0.05) is 27.8 Å². The number of aliphatic hydroxyl groups excluding tert-OH is 1. The van der Waals surface area contributed by atoms with Crippen molar-refractivity contribution in [1.29, 1.82) is 0 Å². The second kappa shape index (κ2) is 21.0. The fourth-order valence-electron chi connectivity index (χ4n) is 7.78. The fourth-order valence-corrected chi connectivity index (χ4v) is 7.78. The maximum Gasteiger partial charge on any atom is 0.245 e. The Morgan fingerprint density at radius 3 is 2.02 bits per heavy atom. The number of ether oxygens (including phenoxy) is 2. The lowest BCUT2D eigenvalue weighted by molar-refractivity contribution is -0.148. The van der Waals surface area contributed by atoms with Crippen molar-refractivity contribution in [1.82, 2.24) is 25.3 Å². The molecule has 296 valence electrons. The van der Waals surface area contributed by atoms with Gasteiger partial charge in [-0.1, -0.05) is 85.2 Å². The summed E-state index contributed by atoms with van der Waals surface area (Å²) in [4.78, 5) is 60.6. The van der Waals surface area contributed by atoms with Crippen molar-refractivity contribution in [3.05, 3.63) is 35.9 Å². The lowest BCUT2D eigenvalue weighted by Gasteiger charge is -2.41. The second-order valence-corrected chi connectivity index (χ2v) is 15.6. The molecular weight excluding hydrogens is 662 g/mol. The fraction of sp³-hybridized carbons (Fsp3) is 0.750. The van der Waals surface area contributed by atoms with Crippen LogP contribution in [0.3, 0.4) is 0 Å². The number of likely N-dealkylation sites (N-methyl/N-ethyl adjacent to an activating group) is 2. The van der Waals surface area contributed by atoms with Crippen molar-refractivity contribution in [3.63, 3.8) is 0 Å². The number of rotatable bonds is 20. The third-order valence-corrected chi connectivity index (χ3v) is 10.9. The molecular formula is C40H69N5O7. The Hall–Kier alpha value is -3.06. The van der Waals surface area contributed by atoms with Gasteiger partial charge >= 0.3 is 0 Å². The van der Waals surface area contributed by atoms with Crippen molar-refractivity contribution in [2.24, 2.45) is 23.7 Å². The van der Waals surface area contributed by atoms with E-state index in [2.05, 4.69) is 10.6 Å². The SMILES string of the molecule is CC[C@@H](C)[C@@H]([C@@H](CC(=O)N1CCC[C@H]1[C@H](OC)[C@@H](C)C(=O)N[C@H](C)[C@@H](O)c1ccccc1)OC)N(C)C(=O)[C@@H](NC(=O)[C@H](C(C)C)N(C)C)C(C)C. The molecule has 0 unspecified atom stereocenters. The Morgan fingerprint density at radius 1 is 0.904 bits per heavy atom. The number of nitrogens with one attached hydrogen (secondary N) is 2. The van der Waals surface area contributed by atoms with Gasteiger partial charge in [-0.25, -0.2) is 0 Å². The summed E-state index contributed by atoms with van der Waals surface area (Å²) in [5.74, 6) is -1.57. The van der Waals surface area contributed by atoms with Crippen molar-refractivity contribution in [2.75, 3.05) is 41.9 Å². The third kappa shape index (κ3) is 11.5. The zero-order chi connectivity index (χ0) is 39.4. The van der Waals surface area contributed by atoms with Gasteiger partial charge in [0.05, 0.1) is 54.8 Å². The van der Waals surface area contributed by atoms with Crippen LogP contribution in [0.1, 0.15) is 92.7 Å². The van der Waals surface area contributed by atoms with E-state index >= 15 is 0 Å². The van der Waals surface area contributed by atoms with Crippen LogP contribution in [0.15, 0.2) is 30.3 Å². The van der Waals surface area contributed by atoms with E-state index in [0.717, 1.165) is 12.8 Å². The summed E-state index contributed by atoms with van der Waals surface area (Å²) in [6, 6.07) is 6.72. The smallest absolute Gasteiger partial charge is 0.245 e. The molecule has 1 aromatic rings. The standard InChI is InChI=1S/C40H69N5O7/c1-14-26(6)35(44(11)40(50)33(24(2)3)42-39(49)34(25(4)5)43(9)10)31(51-12)23-32(46)45-22-18-21-30(45)37(52-13)27(7)38(48)41-28(8)36(47)29-19-16-15-17-20-29/h15-17,19-20,24-28,30-31,33-37,47H,14,18,21-23H2,1-13H3,(H,41,48)(H,42,49)/t26-,27-,28-,30+,31-,33+,34+,35+,36-,37-/m1/s1. The van der Waals surface area contributed by atoms with Gasteiger partial charge in [-0.05, 0) is 57.2 Å². The number of hydrogen-bond acceptors (Lipinski definition) is 8. The van der Waals surface area contributed by atoms with Crippen molar-refractivity contribution in [2.45, 2.75) is 130 Å². The Balaban J connectivity index is 2.25. The molecule has 1 heterocycles. The van der Waals surface area contributed by atoms with E-state index < -0.39 is 48.4 Å².